The lowest BCUT2D eigenvalue weighted by atomic mass is 10.1. The molecular formula is C72H124N4O12. The molecular weight excluding hydrogens is 1110 g/mol. The lowest BCUT2D eigenvalue weighted by Crippen LogP contribution is -2.27. The van der Waals surface area contributed by atoms with Crippen molar-refractivity contribution in [3.63, 3.8) is 0 Å². The van der Waals surface area contributed by atoms with Gasteiger partial charge in [-0.15, -0.1) is 0 Å². The van der Waals surface area contributed by atoms with E-state index in [4.69, 9.17) is 14.2 Å². The molecule has 0 N–H and O–H groups in total. The summed E-state index contributed by atoms with van der Waals surface area (Å²) in [5, 5.41) is 0. The van der Waals surface area contributed by atoms with Crippen LogP contribution >= 0.6 is 0 Å². The summed E-state index contributed by atoms with van der Waals surface area (Å²) in [6.45, 7) is 19.3. The zero-order valence-corrected chi connectivity index (χ0v) is 56.6. The molecule has 0 aliphatic carbocycles. The normalized spacial score (nSPS) is 17.9. The molecule has 0 saturated carbocycles. The second-order valence-corrected chi connectivity index (χ2v) is 25.0. The first kappa shape index (κ1) is 79.1. The summed E-state index contributed by atoms with van der Waals surface area (Å²) in [5.74, 6) is -1.54. The molecule has 5 rings (SSSR count). The minimum atomic E-state index is -0.309. The van der Waals surface area contributed by atoms with E-state index >= 15 is 0 Å². The van der Waals surface area contributed by atoms with Crippen LogP contribution in [0.15, 0.2) is 30.3 Å². The third kappa shape index (κ3) is 36.0. The molecule has 4 saturated heterocycles. The number of hydrogen-bond donors (Lipinski definition) is 0. The van der Waals surface area contributed by atoms with Crippen LogP contribution in [0.5, 0.6) is 0 Å². The molecule has 4 aliphatic heterocycles. The number of carbonyl (C=O) groups is 8. The molecule has 0 spiro atoms. The molecule has 16 heteroatoms. The minimum Gasteiger partial charge on any atom is -0.469 e. The predicted molar refractivity (Wildman–Crippen MR) is 351 cm³/mol. The van der Waals surface area contributed by atoms with Gasteiger partial charge in [-0.05, 0) is 44.6 Å². The van der Waals surface area contributed by atoms with E-state index in [1.807, 2.05) is 45.0 Å². The Morgan fingerprint density at radius 1 is 0.352 bits per heavy atom. The predicted octanol–water partition coefficient (Wildman–Crippen LogP) is 14.9. The van der Waals surface area contributed by atoms with Gasteiger partial charge in [-0.1, -0.05) is 238 Å². The number of hydrogen-bond acceptors (Lipinski definition) is 12. The molecule has 0 aromatic heterocycles. The summed E-state index contributed by atoms with van der Waals surface area (Å²) in [5.41, 5.74) is 1.08. The van der Waals surface area contributed by atoms with Gasteiger partial charge in [0.05, 0.1) is 50.6 Å². The Kier molecular flexibility index (Phi) is 46.5. The van der Waals surface area contributed by atoms with Gasteiger partial charge in [0.25, 0.3) is 0 Å². The first-order chi connectivity index (χ1) is 42.8. The zero-order valence-electron chi connectivity index (χ0n) is 56.6. The van der Waals surface area contributed by atoms with Crippen LogP contribution in [-0.2, 0) is 63.8 Å². The summed E-state index contributed by atoms with van der Waals surface area (Å²) in [7, 11) is 1.35. The number of ether oxygens (including phenoxy) is 4. The lowest BCUT2D eigenvalue weighted by Gasteiger charge is -2.16. The number of methoxy groups -OCH3 is 1. The van der Waals surface area contributed by atoms with Crippen LogP contribution in [0.1, 0.15) is 278 Å². The van der Waals surface area contributed by atoms with Gasteiger partial charge in [0.1, 0.15) is 0 Å². The van der Waals surface area contributed by atoms with Gasteiger partial charge in [0.2, 0.25) is 23.6 Å². The molecule has 88 heavy (non-hydrogen) atoms. The van der Waals surface area contributed by atoms with Crippen molar-refractivity contribution in [2.45, 2.75) is 279 Å². The Balaban J connectivity index is 0.000000403. The minimum absolute atomic E-state index is 0.0178. The number of amides is 4. The Hall–Kier alpha value is -5.02. The van der Waals surface area contributed by atoms with Gasteiger partial charge >= 0.3 is 23.9 Å². The lowest BCUT2D eigenvalue weighted by molar-refractivity contribution is -0.149. The van der Waals surface area contributed by atoms with Crippen molar-refractivity contribution in [3.8, 4) is 0 Å². The van der Waals surface area contributed by atoms with E-state index in [0.717, 1.165) is 70.1 Å². The van der Waals surface area contributed by atoms with E-state index in [2.05, 4.69) is 39.4 Å². The number of carbonyl (C=O) groups excluding carboxylic acids is 8. The van der Waals surface area contributed by atoms with Crippen molar-refractivity contribution in [1.29, 1.82) is 0 Å². The Morgan fingerprint density at radius 2 is 0.625 bits per heavy atom. The smallest absolute Gasteiger partial charge is 0.311 e. The molecule has 4 fully saturated rings. The fraction of sp³-hybridized carbons (Fsp3) is 0.806. The van der Waals surface area contributed by atoms with Crippen LogP contribution in [0.3, 0.4) is 0 Å². The number of rotatable bonds is 44. The number of nitrogens with zero attached hydrogens (tertiary/aromatic N) is 4. The monoisotopic (exact) mass is 1240 g/mol. The fourth-order valence-electron chi connectivity index (χ4n) is 11.7. The van der Waals surface area contributed by atoms with Crippen LogP contribution in [-0.4, -0.2) is 140 Å². The van der Waals surface area contributed by atoms with E-state index in [-0.39, 0.29) is 77.6 Å². The van der Waals surface area contributed by atoms with E-state index in [9.17, 15) is 38.4 Å². The highest BCUT2D eigenvalue weighted by atomic mass is 16.5. The van der Waals surface area contributed by atoms with E-state index in [1.54, 1.807) is 11.8 Å². The molecule has 4 amide bonds. The van der Waals surface area contributed by atoms with E-state index in [1.165, 1.54) is 168 Å². The quantitative estimate of drug-likeness (QED) is 0.0342. The fourth-order valence-corrected chi connectivity index (χ4v) is 11.7. The van der Waals surface area contributed by atoms with Crippen molar-refractivity contribution in [1.82, 2.24) is 19.6 Å². The molecule has 4 aliphatic rings. The largest absolute Gasteiger partial charge is 0.469 e. The summed E-state index contributed by atoms with van der Waals surface area (Å²) in [4.78, 5) is 102. The maximum atomic E-state index is 12.1. The zero-order chi connectivity index (χ0) is 64.4. The highest BCUT2D eigenvalue weighted by Gasteiger charge is 2.38. The molecule has 504 valence electrons. The summed E-state index contributed by atoms with van der Waals surface area (Å²) < 4.78 is 20.4. The molecule has 1 aromatic rings. The van der Waals surface area contributed by atoms with Crippen LogP contribution < -0.4 is 0 Å². The molecule has 4 atom stereocenters. The maximum Gasteiger partial charge on any atom is 0.311 e. The molecule has 16 nitrogen and oxygen atoms in total. The van der Waals surface area contributed by atoms with Gasteiger partial charge < -0.3 is 38.5 Å². The van der Waals surface area contributed by atoms with Gasteiger partial charge in [0.15, 0.2) is 0 Å². The van der Waals surface area contributed by atoms with Crippen LogP contribution in [0.2, 0.25) is 0 Å². The van der Waals surface area contributed by atoms with E-state index < -0.39 is 0 Å². The van der Waals surface area contributed by atoms with Crippen LogP contribution in [0, 0.1) is 23.7 Å². The highest BCUT2D eigenvalue weighted by molar-refractivity contribution is 5.88. The second kappa shape index (κ2) is 51.7. The first-order valence-electron chi connectivity index (χ1n) is 35.5. The van der Waals surface area contributed by atoms with Crippen molar-refractivity contribution in [2.75, 3.05) is 72.7 Å². The number of esters is 4. The third-order valence-corrected chi connectivity index (χ3v) is 17.2. The maximum absolute atomic E-state index is 12.1. The standard InChI is InChI=1S/C21H39NO3.2C19H35NO3.C13H15NO3/c1-3-5-7-9-11-13-15-22-18-19(17-20(22)23)21(24)25-16-14-12-10-8-6-4-2;1-3-5-6-7-8-9-10-11-12-13-14-20-16-17(15-18(20)21)19(22)23-4-2;1-3-5-7-9-10-11-13-20-16-17(15-18(20)21)19(22)23-14-12-8-6-4-2;1-17-13(16)11-7-12(15)14(9-11)8-10-5-3-2-4-6-10/h19H,3-18H2,1-2H3;2*17H,3-16H2,1-2H3;2-6,11H,7-9H2,1H3. The molecule has 1 aromatic carbocycles. The van der Waals surface area contributed by atoms with Gasteiger partial charge in [-0.25, -0.2) is 0 Å². The van der Waals surface area contributed by atoms with Gasteiger partial charge in [-0.2, -0.15) is 0 Å². The second-order valence-electron chi connectivity index (χ2n) is 25.0. The van der Waals surface area contributed by atoms with Crippen LogP contribution in [0.4, 0.5) is 0 Å². The topological polar surface area (TPSA) is 186 Å². The average Bonchev–Trinajstić information content (AvgIpc) is 4.19. The van der Waals surface area contributed by atoms with E-state index in [0.29, 0.717) is 71.8 Å². The number of unbranched alkanes of at least 4 members (excludes halogenated alkanes) is 27. The highest BCUT2D eigenvalue weighted by Crippen LogP contribution is 2.25. The third-order valence-electron chi connectivity index (χ3n) is 17.2. The SMILES string of the molecule is CCCCCCCCCCCCN1CC(C(=O)OCC)CC1=O.CCCCCCCCN1CC(C(=O)OCCCCCC)CC1=O.CCCCCCCCOC(=O)C1CC(=O)N(CCCCCCCC)C1.COC(=O)C1CC(=O)N(Cc2ccccc2)C1. The number of benzene rings is 1. The van der Waals surface area contributed by atoms with Crippen molar-refractivity contribution in [3.05, 3.63) is 35.9 Å². The van der Waals surface area contributed by atoms with Crippen molar-refractivity contribution < 1.29 is 57.3 Å². The van der Waals surface area contributed by atoms with Crippen molar-refractivity contribution in [2.24, 2.45) is 23.7 Å². The first-order valence-corrected chi connectivity index (χ1v) is 35.5. The Morgan fingerprint density at radius 3 is 0.955 bits per heavy atom. The molecule has 4 unspecified atom stereocenters. The molecule has 0 radical (unpaired) electrons. The summed E-state index contributed by atoms with van der Waals surface area (Å²) in [6.07, 6.45) is 40.4. The van der Waals surface area contributed by atoms with Crippen LogP contribution in [0.25, 0.3) is 0 Å². The molecule has 0 bridgehead atoms. The van der Waals surface area contributed by atoms with Gasteiger partial charge in [0, 0.05) is 78.0 Å². The van der Waals surface area contributed by atoms with Crippen molar-refractivity contribution >= 4 is 47.5 Å². The number of likely N-dealkylation sites (tertiary alicyclic amines) is 4. The Bertz CT molecular complexity index is 2040. The molecule has 4 heterocycles. The Labute approximate surface area is 533 Å². The summed E-state index contributed by atoms with van der Waals surface area (Å²) in [6, 6.07) is 9.76. The van der Waals surface area contributed by atoms with Gasteiger partial charge in [-0.3, -0.25) is 38.4 Å². The average molecular weight is 1240 g/mol. The summed E-state index contributed by atoms with van der Waals surface area (Å²) >= 11 is 0.